The van der Waals surface area contributed by atoms with Gasteiger partial charge >= 0.3 is 0 Å². The summed E-state index contributed by atoms with van der Waals surface area (Å²) >= 11 is 0. The first-order valence-corrected chi connectivity index (χ1v) is 11.9. The van der Waals surface area contributed by atoms with Crippen LogP contribution in [0.5, 0.6) is 0 Å². The Balaban J connectivity index is 1.88. The molecule has 150 valence electrons. The van der Waals surface area contributed by atoms with Crippen LogP contribution < -0.4 is 10.6 Å². The highest BCUT2D eigenvalue weighted by Crippen LogP contribution is 2.50. The summed E-state index contributed by atoms with van der Waals surface area (Å²) in [6.45, 7) is 3.26. The molecule has 2 nitrogen and oxygen atoms in total. The van der Waals surface area contributed by atoms with Gasteiger partial charge in [0.1, 0.15) is 0 Å². The van der Waals surface area contributed by atoms with Gasteiger partial charge in [0.25, 0.3) is 0 Å². The summed E-state index contributed by atoms with van der Waals surface area (Å²) in [6.07, 6.45) is 0. The molecule has 0 aliphatic heterocycles. The van der Waals surface area contributed by atoms with Crippen LogP contribution >= 0.6 is 7.29 Å². The quantitative estimate of drug-likeness (QED) is 0.352. The van der Waals surface area contributed by atoms with Crippen molar-refractivity contribution in [2.45, 2.75) is 20.0 Å². The Morgan fingerprint density at radius 3 is 1.53 bits per heavy atom. The Morgan fingerprint density at radius 1 is 0.600 bits per heavy atom. The molecule has 3 heteroatoms. The van der Waals surface area contributed by atoms with Gasteiger partial charge < -0.3 is 0 Å². The van der Waals surface area contributed by atoms with Gasteiger partial charge in [-0.3, -0.25) is 4.57 Å². The third-order valence-corrected chi connectivity index (χ3v) is 8.59. The molecule has 0 amide bonds. The highest BCUT2D eigenvalue weighted by atomic mass is 31.2. The molecule has 0 heterocycles. The first kappa shape index (κ1) is 20.3. The fourth-order valence-corrected chi connectivity index (χ4v) is 6.88. The lowest BCUT2D eigenvalue weighted by molar-refractivity contribution is 0.412. The Labute approximate surface area is 179 Å². The number of benzene rings is 4. The summed E-state index contributed by atoms with van der Waals surface area (Å²) < 4.78 is 17.2. The number of aryl methyl sites for hydroxylation is 1. The van der Waals surface area contributed by atoms with Gasteiger partial charge in [-0.15, -0.1) is 0 Å². The normalized spacial score (nSPS) is 13.1. The molecule has 4 aromatic rings. The van der Waals surface area contributed by atoms with Crippen LogP contribution in [0, 0.1) is 6.92 Å². The number of hydrogen-bond donors (Lipinski definition) is 0. The van der Waals surface area contributed by atoms with Gasteiger partial charge in [0.05, 0.1) is 0 Å². The van der Waals surface area contributed by atoms with Crippen LogP contribution in [0.3, 0.4) is 0 Å². The third-order valence-electron chi connectivity index (χ3n) is 5.36. The summed E-state index contributed by atoms with van der Waals surface area (Å²) in [6, 6.07) is 38.6. The van der Waals surface area contributed by atoms with Crippen LogP contribution in [0.2, 0.25) is 0 Å². The van der Waals surface area contributed by atoms with E-state index in [1.54, 1.807) is 0 Å². The zero-order valence-electron chi connectivity index (χ0n) is 17.2. The van der Waals surface area contributed by atoms with E-state index in [4.69, 9.17) is 0 Å². The molecule has 1 atom stereocenters. The standard InChI is InChI=1S/C27H26NOP/c1-23-13-11-12-20-27(23)30(29,26-18-9-4-10-19-26)28(21-24-14-5-2-6-15-24)22-25-16-7-3-8-17-25/h2-20H,21-22H2,1H3. The fourth-order valence-electron chi connectivity index (χ4n) is 3.83. The average molecular weight is 411 g/mol. The van der Waals surface area contributed by atoms with E-state index >= 15 is 4.57 Å². The molecule has 0 saturated heterocycles. The minimum atomic E-state index is -3.07. The highest BCUT2D eigenvalue weighted by molar-refractivity contribution is 7.76. The van der Waals surface area contributed by atoms with Crippen molar-refractivity contribution in [1.82, 2.24) is 4.67 Å². The van der Waals surface area contributed by atoms with E-state index in [0.717, 1.165) is 27.3 Å². The molecule has 4 rings (SSSR count). The van der Waals surface area contributed by atoms with Gasteiger partial charge in [0, 0.05) is 23.7 Å². The monoisotopic (exact) mass is 411 g/mol. The van der Waals surface area contributed by atoms with E-state index in [2.05, 4.69) is 28.9 Å². The first-order chi connectivity index (χ1) is 14.7. The second-order valence-corrected chi connectivity index (χ2v) is 10.2. The van der Waals surface area contributed by atoms with E-state index in [9.17, 15) is 0 Å². The predicted molar refractivity (Wildman–Crippen MR) is 127 cm³/mol. The minimum absolute atomic E-state index is 0.607. The lowest BCUT2D eigenvalue weighted by atomic mass is 10.2. The van der Waals surface area contributed by atoms with Gasteiger partial charge in [-0.1, -0.05) is 97.1 Å². The molecule has 0 aliphatic rings. The van der Waals surface area contributed by atoms with E-state index in [0.29, 0.717) is 13.1 Å². The van der Waals surface area contributed by atoms with Crippen molar-refractivity contribution in [3.63, 3.8) is 0 Å². The maximum atomic E-state index is 15.1. The van der Waals surface area contributed by atoms with Crippen LogP contribution in [0.1, 0.15) is 16.7 Å². The molecular weight excluding hydrogens is 385 g/mol. The van der Waals surface area contributed by atoms with E-state index in [1.165, 1.54) is 0 Å². The van der Waals surface area contributed by atoms with Crippen LogP contribution in [0.25, 0.3) is 0 Å². The number of rotatable bonds is 7. The molecule has 0 saturated carbocycles. The topological polar surface area (TPSA) is 20.3 Å². The van der Waals surface area contributed by atoms with E-state index < -0.39 is 7.29 Å². The minimum Gasteiger partial charge on any atom is -0.296 e. The number of nitrogens with zero attached hydrogens (tertiary/aromatic N) is 1. The first-order valence-electron chi connectivity index (χ1n) is 10.2. The molecule has 30 heavy (non-hydrogen) atoms. The van der Waals surface area contributed by atoms with Gasteiger partial charge in [-0.05, 0) is 41.8 Å². The van der Waals surface area contributed by atoms with Crippen molar-refractivity contribution in [3.05, 3.63) is 132 Å². The Hall–Kier alpha value is -2.93. The predicted octanol–water partition coefficient (Wildman–Crippen LogP) is 5.93. The second-order valence-electron chi connectivity index (χ2n) is 7.49. The van der Waals surface area contributed by atoms with E-state index in [1.807, 2.05) is 97.9 Å². The summed E-state index contributed by atoms with van der Waals surface area (Å²) in [7, 11) is -3.07. The maximum absolute atomic E-state index is 15.1. The second kappa shape index (κ2) is 9.26. The van der Waals surface area contributed by atoms with Crippen molar-refractivity contribution in [3.8, 4) is 0 Å². The van der Waals surface area contributed by atoms with E-state index in [-0.39, 0.29) is 0 Å². The molecule has 0 spiro atoms. The zero-order valence-corrected chi connectivity index (χ0v) is 18.1. The van der Waals surface area contributed by atoms with Gasteiger partial charge in [-0.2, -0.15) is 0 Å². The van der Waals surface area contributed by atoms with Crippen LogP contribution in [0.4, 0.5) is 0 Å². The largest absolute Gasteiger partial charge is 0.296 e. The smallest absolute Gasteiger partial charge is 0.208 e. The maximum Gasteiger partial charge on any atom is 0.208 e. The van der Waals surface area contributed by atoms with Crippen LogP contribution in [-0.2, 0) is 17.7 Å². The van der Waals surface area contributed by atoms with Crippen molar-refractivity contribution in [2.75, 3.05) is 0 Å². The molecule has 0 aliphatic carbocycles. The zero-order chi connectivity index (χ0) is 20.8. The molecule has 0 fully saturated rings. The molecule has 0 N–H and O–H groups in total. The third kappa shape index (κ3) is 4.31. The molecule has 0 aromatic heterocycles. The number of hydrogen-bond acceptors (Lipinski definition) is 1. The lowest BCUT2D eigenvalue weighted by Crippen LogP contribution is -2.32. The van der Waals surface area contributed by atoms with Crippen LogP contribution in [0.15, 0.2) is 115 Å². The van der Waals surface area contributed by atoms with Crippen LogP contribution in [-0.4, -0.2) is 4.67 Å². The van der Waals surface area contributed by atoms with Gasteiger partial charge in [0.15, 0.2) is 0 Å². The Bertz CT molecular complexity index is 1090. The summed E-state index contributed by atoms with van der Waals surface area (Å²) in [5, 5.41) is 1.77. The van der Waals surface area contributed by atoms with Crippen molar-refractivity contribution in [1.29, 1.82) is 0 Å². The fraction of sp³-hybridized carbons (Fsp3) is 0.111. The molecule has 0 radical (unpaired) electrons. The average Bonchev–Trinajstić information content (AvgIpc) is 2.80. The molecule has 4 aromatic carbocycles. The lowest BCUT2D eigenvalue weighted by Gasteiger charge is -2.33. The Morgan fingerprint density at radius 2 is 1.03 bits per heavy atom. The Kier molecular flexibility index (Phi) is 6.28. The SMILES string of the molecule is Cc1ccccc1P(=O)(c1ccccc1)N(Cc1ccccc1)Cc1ccccc1. The van der Waals surface area contributed by atoms with Crippen molar-refractivity contribution in [2.24, 2.45) is 0 Å². The molecule has 0 bridgehead atoms. The van der Waals surface area contributed by atoms with Crippen molar-refractivity contribution >= 4 is 17.9 Å². The molecular formula is C27H26NOP. The summed E-state index contributed by atoms with van der Waals surface area (Å²) in [4.78, 5) is 0. The molecule has 1 unspecified atom stereocenters. The summed E-state index contributed by atoms with van der Waals surface area (Å²) in [5.74, 6) is 0. The highest BCUT2D eigenvalue weighted by Gasteiger charge is 2.35. The summed E-state index contributed by atoms with van der Waals surface area (Å²) in [5.41, 5.74) is 3.35. The van der Waals surface area contributed by atoms with Crippen molar-refractivity contribution < 1.29 is 4.57 Å². The van der Waals surface area contributed by atoms with Gasteiger partial charge in [-0.25, -0.2) is 4.67 Å². The van der Waals surface area contributed by atoms with Gasteiger partial charge in [0.2, 0.25) is 7.29 Å².